The van der Waals surface area contributed by atoms with Gasteiger partial charge in [-0.25, -0.2) is 8.78 Å². The lowest BCUT2D eigenvalue weighted by molar-refractivity contribution is -0.153. The van der Waals surface area contributed by atoms with Crippen LogP contribution in [0.1, 0.15) is 11.1 Å². The number of phenols is 1. The lowest BCUT2D eigenvalue weighted by atomic mass is 9.98. The van der Waals surface area contributed by atoms with Gasteiger partial charge in [0.15, 0.2) is 11.6 Å². The largest absolute Gasteiger partial charge is 0.508 e. The molecule has 4 rings (SSSR count). The van der Waals surface area contributed by atoms with Crippen LogP contribution in [0.25, 0.3) is 0 Å². The minimum atomic E-state index is -0.899. The fourth-order valence-electron chi connectivity index (χ4n) is 3.90. The number of carbonyl (C=O) groups is 2. The maximum atomic E-state index is 13.4. The summed E-state index contributed by atoms with van der Waals surface area (Å²) in [5, 5.41) is 12.2. The van der Waals surface area contributed by atoms with E-state index in [1.165, 1.54) is 6.07 Å². The Morgan fingerprint density at radius 1 is 1.00 bits per heavy atom. The summed E-state index contributed by atoms with van der Waals surface area (Å²) in [6.07, 6.45) is 0.354. The number of benzene rings is 2. The molecule has 0 bridgehead atoms. The highest BCUT2D eigenvalue weighted by molar-refractivity contribution is 5.97. The number of hydrogen-bond acceptors (Lipinski definition) is 4. The van der Waals surface area contributed by atoms with E-state index in [2.05, 4.69) is 5.32 Å². The van der Waals surface area contributed by atoms with Crippen molar-refractivity contribution in [1.29, 1.82) is 0 Å². The molecule has 152 valence electrons. The second kappa shape index (κ2) is 7.79. The maximum Gasteiger partial charge on any atom is 0.246 e. The summed E-state index contributed by atoms with van der Waals surface area (Å²) < 4.78 is 26.5. The number of hydrogen-bond donors (Lipinski definition) is 2. The third kappa shape index (κ3) is 4.07. The van der Waals surface area contributed by atoms with Crippen LogP contribution in [0, 0.1) is 11.6 Å². The van der Waals surface area contributed by atoms with Crippen molar-refractivity contribution in [3.05, 3.63) is 65.2 Å². The highest BCUT2D eigenvalue weighted by atomic mass is 19.2. The molecular formula is C21H21F2N3O3. The van der Waals surface area contributed by atoms with E-state index in [0.29, 0.717) is 38.2 Å². The van der Waals surface area contributed by atoms with E-state index in [0.717, 1.165) is 17.7 Å². The van der Waals surface area contributed by atoms with Crippen molar-refractivity contribution in [2.75, 3.05) is 19.6 Å². The van der Waals surface area contributed by atoms with Crippen LogP contribution in [0.15, 0.2) is 42.5 Å². The lowest BCUT2D eigenvalue weighted by Gasteiger charge is -2.45. The molecule has 2 heterocycles. The SMILES string of the molecule is O=C1N[C@@H](Cc2ccc(O)cc2)C(=O)N2CCN(Cc3ccc(F)c(F)c3)C[C@H]12. The van der Waals surface area contributed by atoms with Gasteiger partial charge in [-0.15, -0.1) is 0 Å². The van der Waals surface area contributed by atoms with Crippen molar-refractivity contribution in [2.24, 2.45) is 0 Å². The summed E-state index contributed by atoms with van der Waals surface area (Å²) in [5.74, 6) is -2.00. The predicted molar refractivity (Wildman–Crippen MR) is 101 cm³/mol. The van der Waals surface area contributed by atoms with Crippen molar-refractivity contribution in [3.63, 3.8) is 0 Å². The van der Waals surface area contributed by atoms with Crippen LogP contribution in [0.2, 0.25) is 0 Å². The molecular weight excluding hydrogens is 380 g/mol. The Kier molecular flexibility index (Phi) is 5.19. The number of halogens is 2. The molecule has 0 spiro atoms. The van der Waals surface area contributed by atoms with E-state index in [-0.39, 0.29) is 17.6 Å². The van der Waals surface area contributed by atoms with Crippen LogP contribution in [0.5, 0.6) is 5.75 Å². The Hall–Kier alpha value is -3.00. The van der Waals surface area contributed by atoms with Gasteiger partial charge in [0.25, 0.3) is 0 Å². The van der Waals surface area contributed by atoms with Crippen molar-refractivity contribution in [2.45, 2.75) is 25.0 Å². The number of nitrogens with zero attached hydrogens (tertiary/aromatic N) is 2. The molecule has 0 unspecified atom stereocenters. The molecule has 6 nitrogen and oxygen atoms in total. The molecule has 2 aromatic carbocycles. The summed E-state index contributed by atoms with van der Waals surface area (Å²) in [5.41, 5.74) is 1.46. The standard InChI is InChI=1S/C21H21F2N3O3/c22-16-6-3-14(9-17(16)23)11-25-7-8-26-19(12-25)20(28)24-18(21(26)29)10-13-1-4-15(27)5-2-13/h1-6,9,18-19,27H,7-8,10-12H2,(H,24,28)/t18-,19+/m0/s1. The molecule has 0 saturated carbocycles. The van der Waals surface area contributed by atoms with Crippen LogP contribution in [-0.4, -0.2) is 58.4 Å². The molecule has 2 atom stereocenters. The molecule has 29 heavy (non-hydrogen) atoms. The van der Waals surface area contributed by atoms with Gasteiger partial charge in [-0.1, -0.05) is 18.2 Å². The molecule has 2 fully saturated rings. The summed E-state index contributed by atoms with van der Waals surface area (Å²) >= 11 is 0. The molecule has 2 aliphatic heterocycles. The zero-order valence-electron chi connectivity index (χ0n) is 15.6. The Bertz CT molecular complexity index is 935. The van der Waals surface area contributed by atoms with Crippen molar-refractivity contribution >= 4 is 11.8 Å². The third-order valence-corrected chi connectivity index (χ3v) is 5.43. The summed E-state index contributed by atoms with van der Waals surface area (Å²) in [6, 6.07) is 9.06. The molecule has 2 saturated heterocycles. The average Bonchev–Trinajstić information content (AvgIpc) is 2.70. The Labute approximate surface area is 166 Å². The zero-order chi connectivity index (χ0) is 20.5. The van der Waals surface area contributed by atoms with Crippen LogP contribution in [0.4, 0.5) is 8.78 Å². The van der Waals surface area contributed by atoms with Gasteiger partial charge >= 0.3 is 0 Å². The number of fused-ring (bicyclic) bond motifs is 1. The van der Waals surface area contributed by atoms with E-state index in [4.69, 9.17) is 0 Å². The summed E-state index contributed by atoms with van der Waals surface area (Å²) in [6.45, 7) is 1.65. The van der Waals surface area contributed by atoms with Gasteiger partial charge in [0.1, 0.15) is 17.8 Å². The topological polar surface area (TPSA) is 72.9 Å². The highest BCUT2D eigenvalue weighted by Gasteiger charge is 2.43. The molecule has 2 aliphatic rings. The second-order valence-electron chi connectivity index (χ2n) is 7.46. The van der Waals surface area contributed by atoms with Crippen LogP contribution < -0.4 is 5.32 Å². The number of amides is 2. The van der Waals surface area contributed by atoms with Crippen molar-refractivity contribution < 1.29 is 23.5 Å². The fourth-order valence-corrected chi connectivity index (χ4v) is 3.90. The summed E-state index contributed by atoms with van der Waals surface area (Å²) in [4.78, 5) is 29.1. The first kappa shape index (κ1) is 19.3. The third-order valence-electron chi connectivity index (χ3n) is 5.43. The number of carbonyl (C=O) groups excluding carboxylic acids is 2. The van der Waals surface area contributed by atoms with Gasteiger partial charge in [0, 0.05) is 32.6 Å². The fraction of sp³-hybridized carbons (Fsp3) is 0.333. The summed E-state index contributed by atoms with van der Waals surface area (Å²) in [7, 11) is 0. The minimum absolute atomic E-state index is 0.129. The Morgan fingerprint density at radius 2 is 1.72 bits per heavy atom. The monoisotopic (exact) mass is 401 g/mol. The first-order valence-corrected chi connectivity index (χ1v) is 9.46. The molecule has 8 heteroatoms. The first-order valence-electron chi connectivity index (χ1n) is 9.46. The smallest absolute Gasteiger partial charge is 0.246 e. The Morgan fingerprint density at radius 3 is 2.45 bits per heavy atom. The lowest BCUT2D eigenvalue weighted by Crippen LogP contribution is -2.69. The average molecular weight is 401 g/mol. The number of nitrogens with one attached hydrogen (secondary N) is 1. The van der Waals surface area contributed by atoms with Crippen molar-refractivity contribution in [1.82, 2.24) is 15.1 Å². The van der Waals surface area contributed by atoms with Gasteiger partial charge < -0.3 is 15.3 Å². The van der Waals surface area contributed by atoms with Crippen LogP contribution >= 0.6 is 0 Å². The van der Waals surface area contributed by atoms with E-state index in [1.807, 2.05) is 4.90 Å². The number of aromatic hydroxyl groups is 1. The van der Waals surface area contributed by atoms with E-state index in [1.54, 1.807) is 29.2 Å². The van der Waals surface area contributed by atoms with E-state index in [9.17, 15) is 23.5 Å². The maximum absolute atomic E-state index is 13.4. The van der Waals surface area contributed by atoms with Gasteiger partial charge in [-0.05, 0) is 35.4 Å². The van der Waals surface area contributed by atoms with Gasteiger partial charge in [-0.2, -0.15) is 0 Å². The first-order chi connectivity index (χ1) is 13.9. The van der Waals surface area contributed by atoms with Crippen LogP contribution in [-0.2, 0) is 22.6 Å². The number of phenolic OH excluding ortho intramolecular Hbond substituents is 1. The molecule has 2 amide bonds. The molecule has 2 aromatic rings. The Balaban J connectivity index is 1.41. The predicted octanol–water partition coefficient (Wildman–Crippen LogP) is 1.42. The molecule has 0 aromatic heterocycles. The number of piperazine rings is 2. The highest BCUT2D eigenvalue weighted by Crippen LogP contribution is 2.21. The molecule has 2 N–H and O–H groups in total. The molecule has 0 radical (unpaired) electrons. The van der Waals surface area contributed by atoms with Gasteiger partial charge in [-0.3, -0.25) is 14.5 Å². The quantitative estimate of drug-likeness (QED) is 0.813. The minimum Gasteiger partial charge on any atom is -0.508 e. The van der Waals surface area contributed by atoms with E-state index < -0.39 is 23.7 Å². The van der Waals surface area contributed by atoms with Gasteiger partial charge in [0.2, 0.25) is 11.8 Å². The second-order valence-corrected chi connectivity index (χ2v) is 7.46. The zero-order valence-corrected chi connectivity index (χ0v) is 15.6. The number of rotatable bonds is 4. The van der Waals surface area contributed by atoms with E-state index >= 15 is 0 Å². The van der Waals surface area contributed by atoms with Crippen LogP contribution in [0.3, 0.4) is 0 Å². The molecule has 0 aliphatic carbocycles. The normalized spacial score (nSPS) is 22.3. The van der Waals surface area contributed by atoms with Gasteiger partial charge in [0.05, 0.1) is 0 Å². The van der Waals surface area contributed by atoms with Crippen molar-refractivity contribution in [3.8, 4) is 5.75 Å².